The molecule has 0 aromatic rings. The minimum atomic E-state index is -0.856. The maximum absolute atomic E-state index is 13.0. The molecule has 2 fully saturated rings. The molecular formula is C16H27N3O2. The molecule has 1 N–H and O–H groups in total. The molecule has 1 amide bonds. The van der Waals surface area contributed by atoms with E-state index in [1.165, 1.54) is 0 Å². The van der Waals surface area contributed by atoms with Gasteiger partial charge in [0.2, 0.25) is 5.91 Å². The van der Waals surface area contributed by atoms with Gasteiger partial charge in [0.05, 0.1) is 12.2 Å². The van der Waals surface area contributed by atoms with Gasteiger partial charge in [-0.3, -0.25) is 4.79 Å². The van der Waals surface area contributed by atoms with Gasteiger partial charge in [-0.25, -0.2) is 0 Å². The van der Waals surface area contributed by atoms with E-state index in [-0.39, 0.29) is 11.9 Å². The molecule has 0 spiro atoms. The summed E-state index contributed by atoms with van der Waals surface area (Å²) in [5.41, 5.74) is -0.856. The van der Waals surface area contributed by atoms with Crippen LogP contribution in [0.5, 0.6) is 0 Å². The highest BCUT2D eigenvalue weighted by atomic mass is 16.3. The minimum Gasteiger partial charge on any atom is -0.391 e. The molecule has 0 aromatic carbocycles. The average molecular weight is 293 g/mol. The topological polar surface area (TPSA) is 67.6 Å². The number of β-amino-alcohol motifs (C(OH)–C–C–N with tert-alkyl or cyclic N) is 1. The second kappa shape index (κ2) is 6.76. The molecule has 2 atom stereocenters. The Kier molecular flexibility index (Phi) is 5.23. The molecule has 1 saturated carbocycles. The van der Waals surface area contributed by atoms with Crippen LogP contribution in [0.15, 0.2) is 0 Å². The van der Waals surface area contributed by atoms with Crippen molar-refractivity contribution in [2.75, 3.05) is 27.2 Å². The number of likely N-dealkylation sites (tertiary alicyclic amines) is 1. The number of aliphatic hydroxyl groups excluding tert-OH is 1. The van der Waals surface area contributed by atoms with Crippen LogP contribution in [0, 0.1) is 16.7 Å². The van der Waals surface area contributed by atoms with E-state index in [4.69, 9.17) is 0 Å². The van der Waals surface area contributed by atoms with Crippen LogP contribution in [0.3, 0.4) is 0 Å². The smallest absolute Gasteiger partial charge is 0.243 e. The van der Waals surface area contributed by atoms with Gasteiger partial charge in [-0.2, -0.15) is 5.26 Å². The standard InChI is InChI=1S/C16H27N3O2/c1-18(2)10-13-9-14(20)11-19(13)15(21)16(12-17)7-5-3-4-6-8-16/h13-14,20H,3-11H2,1-2H3. The highest BCUT2D eigenvalue weighted by Gasteiger charge is 2.46. The Balaban J connectivity index is 2.17. The minimum absolute atomic E-state index is 0.0241. The van der Waals surface area contributed by atoms with E-state index in [0.717, 1.165) is 32.2 Å². The number of nitriles is 1. The molecular weight excluding hydrogens is 266 g/mol. The second-order valence-electron chi connectivity index (χ2n) is 6.87. The summed E-state index contributed by atoms with van der Waals surface area (Å²) in [4.78, 5) is 16.8. The molecule has 0 aromatic heterocycles. The summed E-state index contributed by atoms with van der Waals surface area (Å²) in [5.74, 6) is -0.0460. The van der Waals surface area contributed by atoms with Crippen molar-refractivity contribution in [2.45, 2.75) is 57.1 Å². The molecule has 5 heteroatoms. The Morgan fingerprint density at radius 1 is 1.33 bits per heavy atom. The summed E-state index contributed by atoms with van der Waals surface area (Å²) in [6.45, 7) is 1.12. The lowest BCUT2D eigenvalue weighted by molar-refractivity contribution is -0.141. The predicted molar refractivity (Wildman–Crippen MR) is 80.4 cm³/mol. The van der Waals surface area contributed by atoms with Crippen molar-refractivity contribution >= 4 is 5.91 Å². The summed E-state index contributed by atoms with van der Waals surface area (Å²) < 4.78 is 0. The van der Waals surface area contributed by atoms with Crippen molar-refractivity contribution in [1.82, 2.24) is 9.80 Å². The Labute approximate surface area is 127 Å². The highest BCUT2D eigenvalue weighted by molar-refractivity contribution is 5.86. The van der Waals surface area contributed by atoms with Crippen LogP contribution < -0.4 is 0 Å². The van der Waals surface area contributed by atoms with Crippen molar-refractivity contribution in [3.8, 4) is 6.07 Å². The van der Waals surface area contributed by atoms with Gasteiger partial charge in [-0.1, -0.05) is 25.7 Å². The van der Waals surface area contributed by atoms with Gasteiger partial charge < -0.3 is 14.9 Å². The second-order valence-corrected chi connectivity index (χ2v) is 6.87. The number of carbonyl (C=O) groups is 1. The molecule has 5 nitrogen and oxygen atoms in total. The lowest BCUT2D eigenvalue weighted by atomic mass is 9.80. The van der Waals surface area contributed by atoms with E-state index in [1.54, 1.807) is 4.90 Å². The van der Waals surface area contributed by atoms with E-state index >= 15 is 0 Å². The lowest BCUT2D eigenvalue weighted by Gasteiger charge is -2.34. The first-order valence-corrected chi connectivity index (χ1v) is 8.03. The first kappa shape index (κ1) is 16.3. The molecule has 2 aliphatic rings. The van der Waals surface area contributed by atoms with Gasteiger partial charge in [0.25, 0.3) is 0 Å². The Morgan fingerprint density at radius 2 is 1.95 bits per heavy atom. The van der Waals surface area contributed by atoms with Gasteiger partial charge in [0.1, 0.15) is 5.41 Å². The van der Waals surface area contributed by atoms with E-state index in [2.05, 4.69) is 6.07 Å². The fourth-order valence-corrected chi connectivity index (χ4v) is 3.72. The number of hydrogen-bond acceptors (Lipinski definition) is 4. The lowest BCUT2D eigenvalue weighted by Crippen LogP contribution is -2.48. The van der Waals surface area contributed by atoms with Crippen molar-refractivity contribution in [3.05, 3.63) is 0 Å². The molecule has 2 unspecified atom stereocenters. The number of likely N-dealkylation sites (N-methyl/N-ethyl adjacent to an activating group) is 1. The zero-order chi connectivity index (χ0) is 15.5. The van der Waals surface area contributed by atoms with Crippen molar-refractivity contribution in [1.29, 1.82) is 5.26 Å². The molecule has 118 valence electrons. The van der Waals surface area contributed by atoms with Crippen molar-refractivity contribution < 1.29 is 9.90 Å². The molecule has 2 rings (SSSR count). The predicted octanol–water partition coefficient (Wildman–Crippen LogP) is 1.37. The number of amides is 1. The van der Waals surface area contributed by atoms with E-state index < -0.39 is 11.5 Å². The quantitative estimate of drug-likeness (QED) is 0.798. The van der Waals surface area contributed by atoms with Gasteiger partial charge in [-0.05, 0) is 33.4 Å². The first-order chi connectivity index (χ1) is 9.98. The van der Waals surface area contributed by atoms with Gasteiger partial charge in [-0.15, -0.1) is 0 Å². The summed E-state index contributed by atoms with van der Waals surface area (Å²) >= 11 is 0. The van der Waals surface area contributed by atoms with Crippen LogP contribution in [-0.4, -0.2) is 60.1 Å². The van der Waals surface area contributed by atoms with Crippen LogP contribution in [0.1, 0.15) is 44.9 Å². The number of hydrogen-bond donors (Lipinski definition) is 1. The number of rotatable bonds is 3. The van der Waals surface area contributed by atoms with Crippen molar-refractivity contribution in [3.63, 3.8) is 0 Å². The zero-order valence-corrected chi connectivity index (χ0v) is 13.2. The van der Waals surface area contributed by atoms with Gasteiger partial charge in [0.15, 0.2) is 0 Å². The van der Waals surface area contributed by atoms with E-state index in [1.807, 2.05) is 19.0 Å². The van der Waals surface area contributed by atoms with Gasteiger partial charge in [0, 0.05) is 19.1 Å². The number of carbonyl (C=O) groups excluding carboxylic acids is 1. The van der Waals surface area contributed by atoms with E-state index in [0.29, 0.717) is 25.8 Å². The fraction of sp³-hybridized carbons (Fsp3) is 0.875. The molecule has 1 aliphatic heterocycles. The third-order valence-corrected chi connectivity index (χ3v) is 4.81. The van der Waals surface area contributed by atoms with Crippen LogP contribution >= 0.6 is 0 Å². The summed E-state index contributed by atoms with van der Waals surface area (Å²) in [6.07, 6.45) is 5.63. The van der Waals surface area contributed by atoms with Crippen LogP contribution in [0.2, 0.25) is 0 Å². The number of aliphatic hydroxyl groups is 1. The SMILES string of the molecule is CN(C)CC1CC(O)CN1C(=O)C1(C#N)CCCCCC1. The highest BCUT2D eigenvalue weighted by Crippen LogP contribution is 2.38. The maximum Gasteiger partial charge on any atom is 0.243 e. The Bertz CT molecular complexity index is 408. The van der Waals surface area contributed by atoms with Gasteiger partial charge >= 0.3 is 0 Å². The molecule has 1 saturated heterocycles. The molecule has 1 heterocycles. The monoisotopic (exact) mass is 293 g/mol. The summed E-state index contributed by atoms with van der Waals surface area (Å²) in [5, 5.41) is 19.6. The Morgan fingerprint density at radius 3 is 2.48 bits per heavy atom. The average Bonchev–Trinajstić information content (AvgIpc) is 2.66. The Hall–Kier alpha value is -1.12. The first-order valence-electron chi connectivity index (χ1n) is 8.03. The van der Waals surface area contributed by atoms with Crippen LogP contribution in [0.4, 0.5) is 0 Å². The van der Waals surface area contributed by atoms with Crippen LogP contribution in [0.25, 0.3) is 0 Å². The van der Waals surface area contributed by atoms with E-state index in [9.17, 15) is 15.2 Å². The molecule has 1 aliphatic carbocycles. The molecule has 21 heavy (non-hydrogen) atoms. The van der Waals surface area contributed by atoms with Crippen molar-refractivity contribution in [2.24, 2.45) is 5.41 Å². The third kappa shape index (κ3) is 3.56. The number of nitrogens with zero attached hydrogens (tertiary/aromatic N) is 3. The third-order valence-electron chi connectivity index (χ3n) is 4.81. The summed E-state index contributed by atoms with van der Waals surface area (Å²) in [6, 6.07) is 2.36. The largest absolute Gasteiger partial charge is 0.391 e. The maximum atomic E-state index is 13.0. The fourth-order valence-electron chi connectivity index (χ4n) is 3.72. The summed E-state index contributed by atoms with van der Waals surface area (Å²) in [7, 11) is 3.94. The van der Waals surface area contributed by atoms with Crippen LogP contribution in [-0.2, 0) is 4.79 Å². The zero-order valence-electron chi connectivity index (χ0n) is 13.2. The normalized spacial score (nSPS) is 29.2. The molecule has 0 bridgehead atoms. The molecule has 0 radical (unpaired) electrons.